The fourth-order valence-corrected chi connectivity index (χ4v) is 1.84. The second-order valence-corrected chi connectivity index (χ2v) is 4.72. The minimum absolute atomic E-state index is 0.169. The number of phenols is 1. The van der Waals surface area contributed by atoms with Gasteiger partial charge in [-0.05, 0) is 35.9 Å². The van der Waals surface area contributed by atoms with Crippen LogP contribution in [-0.2, 0) is 4.79 Å². The number of anilines is 1. The van der Waals surface area contributed by atoms with Crippen LogP contribution in [0.3, 0.4) is 0 Å². The zero-order valence-electron chi connectivity index (χ0n) is 12.3. The average molecular weight is 308 g/mol. The number of phenolic OH excluding ortho intramolecular Hbond substituents is 1. The Labute approximate surface area is 133 Å². The number of fused-ring (bicyclic) bond motifs is 1. The molecule has 5 nitrogen and oxygen atoms in total. The lowest BCUT2D eigenvalue weighted by atomic mass is 10.2. The van der Waals surface area contributed by atoms with E-state index >= 15 is 0 Å². The highest BCUT2D eigenvalue weighted by molar-refractivity contribution is 5.85. The molecule has 0 amide bonds. The molecule has 2 aromatic carbocycles. The van der Waals surface area contributed by atoms with Crippen LogP contribution in [0.5, 0.6) is 5.75 Å². The molecular formula is C18H16N2O3. The first-order chi connectivity index (χ1) is 11.0. The van der Waals surface area contributed by atoms with Gasteiger partial charge in [0.25, 0.3) is 0 Å². The molecule has 1 heterocycles. The van der Waals surface area contributed by atoms with Crippen LogP contribution >= 0.6 is 0 Å². The summed E-state index contributed by atoms with van der Waals surface area (Å²) in [5.41, 5.74) is 8.01. The third-order valence-electron chi connectivity index (χ3n) is 2.92. The van der Waals surface area contributed by atoms with Crippen molar-refractivity contribution in [3.05, 3.63) is 72.4 Å². The van der Waals surface area contributed by atoms with Crippen molar-refractivity contribution in [3.63, 3.8) is 0 Å². The molecule has 0 unspecified atom stereocenters. The molecule has 0 fully saturated rings. The molecular weight excluding hydrogens is 292 g/mol. The van der Waals surface area contributed by atoms with Crippen molar-refractivity contribution in [2.45, 2.75) is 0 Å². The number of carboxylic acids is 1. The van der Waals surface area contributed by atoms with E-state index < -0.39 is 5.97 Å². The van der Waals surface area contributed by atoms with Gasteiger partial charge in [0.1, 0.15) is 5.75 Å². The largest absolute Gasteiger partial charge is 0.508 e. The first kappa shape index (κ1) is 16.0. The molecule has 0 saturated heterocycles. The summed E-state index contributed by atoms with van der Waals surface area (Å²) >= 11 is 0. The molecule has 116 valence electrons. The van der Waals surface area contributed by atoms with Crippen LogP contribution in [0.2, 0.25) is 0 Å². The number of pyridine rings is 1. The number of aromatic hydroxyl groups is 1. The summed E-state index contributed by atoms with van der Waals surface area (Å²) in [6, 6.07) is 16.1. The van der Waals surface area contributed by atoms with Gasteiger partial charge in [-0.2, -0.15) is 0 Å². The minimum atomic E-state index is -0.983. The molecule has 0 spiro atoms. The Hall–Kier alpha value is -3.34. The van der Waals surface area contributed by atoms with Gasteiger partial charge in [-0.25, -0.2) is 4.79 Å². The van der Waals surface area contributed by atoms with E-state index in [4.69, 9.17) is 15.9 Å². The predicted molar refractivity (Wildman–Crippen MR) is 90.9 cm³/mol. The molecule has 4 N–H and O–H groups in total. The van der Waals surface area contributed by atoms with Crippen LogP contribution in [0.1, 0.15) is 5.56 Å². The van der Waals surface area contributed by atoms with Crippen LogP contribution in [0.4, 0.5) is 5.69 Å². The third kappa shape index (κ3) is 5.17. The molecule has 3 rings (SSSR count). The first-order valence-corrected chi connectivity index (χ1v) is 6.85. The lowest BCUT2D eigenvalue weighted by Crippen LogP contribution is -1.85. The maximum Gasteiger partial charge on any atom is 0.328 e. The summed E-state index contributed by atoms with van der Waals surface area (Å²) in [6.45, 7) is 0. The van der Waals surface area contributed by atoms with Gasteiger partial charge in [-0.3, -0.25) is 4.98 Å². The van der Waals surface area contributed by atoms with Gasteiger partial charge in [0.15, 0.2) is 0 Å². The fraction of sp³-hybridized carbons (Fsp3) is 0. The van der Waals surface area contributed by atoms with Crippen LogP contribution in [0.25, 0.3) is 17.0 Å². The number of benzene rings is 2. The molecule has 0 radical (unpaired) electrons. The zero-order valence-corrected chi connectivity index (χ0v) is 12.3. The van der Waals surface area contributed by atoms with E-state index in [1.54, 1.807) is 18.3 Å². The molecule has 5 heteroatoms. The number of nitrogen functional groups attached to an aromatic ring is 1. The lowest BCUT2D eigenvalue weighted by Gasteiger charge is -1.95. The van der Waals surface area contributed by atoms with Crippen molar-refractivity contribution in [1.82, 2.24) is 4.98 Å². The summed E-state index contributed by atoms with van der Waals surface area (Å²) in [5.74, 6) is -0.814. The summed E-state index contributed by atoms with van der Waals surface area (Å²) in [6.07, 6.45) is 4.18. The quantitative estimate of drug-likeness (QED) is 0.631. The van der Waals surface area contributed by atoms with Crippen LogP contribution in [0, 0.1) is 0 Å². The molecule has 0 atom stereocenters. The Morgan fingerprint density at radius 1 is 1.09 bits per heavy atom. The van der Waals surface area contributed by atoms with Crippen molar-refractivity contribution in [2.24, 2.45) is 0 Å². The molecule has 0 saturated carbocycles. The van der Waals surface area contributed by atoms with E-state index in [1.807, 2.05) is 30.3 Å². The van der Waals surface area contributed by atoms with E-state index in [1.165, 1.54) is 18.2 Å². The molecule has 0 aliphatic rings. The number of hydrogen-bond donors (Lipinski definition) is 3. The Bertz CT molecular complexity index is 827. The summed E-state index contributed by atoms with van der Waals surface area (Å²) < 4.78 is 0. The highest BCUT2D eigenvalue weighted by Gasteiger charge is 1.91. The minimum Gasteiger partial charge on any atom is -0.508 e. The number of carbonyl (C=O) groups is 1. The standard InChI is InChI=1S/C9H8N2.C9H8O3/c10-8-5-7-3-1-2-4-9(7)11-6-8;10-8-4-1-7(2-5-8)3-6-9(11)12/h1-6H,10H2;1-6,10H,(H,11,12)/b;6-3+. The molecule has 0 aliphatic carbocycles. The third-order valence-corrected chi connectivity index (χ3v) is 2.92. The number of rotatable bonds is 2. The SMILES string of the molecule is Nc1cnc2ccccc2c1.O=C(O)/C=C/c1ccc(O)cc1. The van der Waals surface area contributed by atoms with E-state index in [2.05, 4.69) is 4.98 Å². The van der Waals surface area contributed by atoms with E-state index in [0.717, 1.165) is 22.5 Å². The lowest BCUT2D eigenvalue weighted by molar-refractivity contribution is -0.131. The number of hydrogen-bond acceptors (Lipinski definition) is 4. The van der Waals surface area contributed by atoms with Crippen molar-refractivity contribution in [3.8, 4) is 5.75 Å². The molecule has 0 aliphatic heterocycles. The molecule has 3 aromatic rings. The predicted octanol–water partition coefficient (Wildman–Crippen LogP) is 3.31. The Balaban J connectivity index is 0.000000167. The van der Waals surface area contributed by atoms with Gasteiger partial charge in [0, 0.05) is 11.5 Å². The van der Waals surface area contributed by atoms with E-state index in [-0.39, 0.29) is 5.75 Å². The second-order valence-electron chi connectivity index (χ2n) is 4.72. The van der Waals surface area contributed by atoms with Gasteiger partial charge in [-0.1, -0.05) is 30.3 Å². The van der Waals surface area contributed by atoms with E-state index in [9.17, 15) is 4.79 Å². The van der Waals surface area contributed by atoms with Gasteiger partial charge in [0.05, 0.1) is 17.4 Å². The van der Waals surface area contributed by atoms with Gasteiger partial charge in [0.2, 0.25) is 0 Å². The molecule has 0 bridgehead atoms. The number of nitrogens with zero attached hydrogens (tertiary/aromatic N) is 1. The van der Waals surface area contributed by atoms with Gasteiger partial charge >= 0.3 is 5.97 Å². The Kier molecular flexibility index (Phi) is 5.30. The van der Waals surface area contributed by atoms with Crippen molar-refractivity contribution < 1.29 is 15.0 Å². The molecule has 23 heavy (non-hydrogen) atoms. The van der Waals surface area contributed by atoms with Crippen molar-refractivity contribution >= 4 is 28.6 Å². The first-order valence-electron chi connectivity index (χ1n) is 6.85. The number of nitrogens with two attached hydrogens (primary N) is 1. The highest BCUT2D eigenvalue weighted by Crippen LogP contribution is 2.13. The smallest absolute Gasteiger partial charge is 0.328 e. The maximum absolute atomic E-state index is 10.1. The van der Waals surface area contributed by atoms with Crippen LogP contribution < -0.4 is 5.73 Å². The van der Waals surface area contributed by atoms with Crippen molar-refractivity contribution in [2.75, 3.05) is 5.73 Å². The Morgan fingerprint density at radius 2 is 1.78 bits per heavy atom. The van der Waals surface area contributed by atoms with Gasteiger partial charge in [-0.15, -0.1) is 0 Å². The number of carboxylic acid groups (broad SMARTS) is 1. The monoisotopic (exact) mass is 308 g/mol. The van der Waals surface area contributed by atoms with Gasteiger partial charge < -0.3 is 15.9 Å². The van der Waals surface area contributed by atoms with E-state index in [0.29, 0.717) is 5.69 Å². The average Bonchev–Trinajstić information content (AvgIpc) is 2.55. The topological polar surface area (TPSA) is 96.4 Å². The summed E-state index contributed by atoms with van der Waals surface area (Å²) in [7, 11) is 0. The summed E-state index contributed by atoms with van der Waals surface area (Å²) in [5, 5.41) is 18.3. The van der Waals surface area contributed by atoms with Crippen LogP contribution in [0.15, 0.2) is 66.9 Å². The number of aromatic nitrogens is 1. The second kappa shape index (κ2) is 7.61. The number of para-hydroxylation sites is 1. The Morgan fingerprint density at radius 3 is 2.48 bits per heavy atom. The zero-order chi connectivity index (χ0) is 16.7. The van der Waals surface area contributed by atoms with Crippen molar-refractivity contribution in [1.29, 1.82) is 0 Å². The van der Waals surface area contributed by atoms with Crippen LogP contribution in [-0.4, -0.2) is 21.2 Å². The molecule has 1 aromatic heterocycles. The maximum atomic E-state index is 10.1. The normalized spacial score (nSPS) is 10.3. The number of aliphatic carboxylic acids is 1. The highest BCUT2D eigenvalue weighted by atomic mass is 16.4. The summed E-state index contributed by atoms with van der Waals surface area (Å²) in [4.78, 5) is 14.3. The fourth-order valence-electron chi connectivity index (χ4n) is 1.84.